The maximum absolute atomic E-state index is 5.90. The summed E-state index contributed by atoms with van der Waals surface area (Å²) in [6, 6.07) is 8.86. The molecule has 1 fully saturated rings. The van der Waals surface area contributed by atoms with Crippen LogP contribution >= 0.6 is 11.6 Å². The summed E-state index contributed by atoms with van der Waals surface area (Å²) in [7, 11) is 0. The molecule has 1 aliphatic heterocycles. The summed E-state index contributed by atoms with van der Waals surface area (Å²) < 4.78 is 0. The Kier molecular flexibility index (Phi) is 5.48. The minimum absolute atomic E-state index is 0.314. The van der Waals surface area contributed by atoms with E-state index in [1.165, 1.54) is 31.5 Å². The van der Waals surface area contributed by atoms with Gasteiger partial charge in [-0.3, -0.25) is 4.90 Å². The lowest BCUT2D eigenvalue weighted by Crippen LogP contribution is -2.50. The van der Waals surface area contributed by atoms with Crippen LogP contribution in [0.15, 0.2) is 24.3 Å². The first-order valence-electron chi connectivity index (χ1n) is 7.68. The third kappa shape index (κ3) is 4.76. The van der Waals surface area contributed by atoms with E-state index in [1.807, 2.05) is 12.1 Å². The van der Waals surface area contributed by atoms with Gasteiger partial charge < -0.3 is 5.32 Å². The standard InChI is InChI=1S/C17H27ClN2/c1-17(2,3)20-12-9-16(10-13-20)19-11-8-14-4-6-15(18)7-5-14/h4-7,16,19H,8-13H2,1-3H3. The topological polar surface area (TPSA) is 15.3 Å². The summed E-state index contributed by atoms with van der Waals surface area (Å²) in [6.45, 7) is 10.4. The van der Waals surface area contributed by atoms with E-state index in [0.717, 1.165) is 18.0 Å². The summed E-state index contributed by atoms with van der Waals surface area (Å²) in [5, 5.41) is 4.51. The van der Waals surface area contributed by atoms with Crippen molar-refractivity contribution in [1.82, 2.24) is 10.2 Å². The molecule has 20 heavy (non-hydrogen) atoms. The second-order valence-electron chi connectivity index (χ2n) is 6.76. The van der Waals surface area contributed by atoms with Gasteiger partial charge in [-0.2, -0.15) is 0 Å². The maximum Gasteiger partial charge on any atom is 0.0406 e. The average Bonchev–Trinajstić information content (AvgIpc) is 2.41. The van der Waals surface area contributed by atoms with Crippen LogP contribution in [0.3, 0.4) is 0 Å². The molecule has 2 nitrogen and oxygen atoms in total. The molecule has 0 bridgehead atoms. The van der Waals surface area contributed by atoms with Gasteiger partial charge >= 0.3 is 0 Å². The Hall–Kier alpha value is -0.570. The van der Waals surface area contributed by atoms with E-state index < -0.39 is 0 Å². The summed E-state index contributed by atoms with van der Waals surface area (Å²) in [5.41, 5.74) is 1.67. The van der Waals surface area contributed by atoms with Gasteiger partial charge in [-0.05, 0) is 64.3 Å². The highest BCUT2D eigenvalue weighted by Crippen LogP contribution is 2.20. The molecule has 0 saturated carbocycles. The summed E-state index contributed by atoms with van der Waals surface area (Å²) >= 11 is 5.90. The van der Waals surface area contributed by atoms with Gasteiger partial charge in [0.05, 0.1) is 0 Å². The van der Waals surface area contributed by atoms with E-state index in [1.54, 1.807) is 0 Å². The van der Waals surface area contributed by atoms with Gasteiger partial charge in [0.25, 0.3) is 0 Å². The zero-order valence-electron chi connectivity index (χ0n) is 13.0. The van der Waals surface area contributed by atoms with Gasteiger partial charge in [-0.1, -0.05) is 23.7 Å². The van der Waals surface area contributed by atoms with Crippen LogP contribution in [0, 0.1) is 0 Å². The van der Waals surface area contributed by atoms with Crippen molar-refractivity contribution in [3.05, 3.63) is 34.9 Å². The molecule has 0 radical (unpaired) electrons. The fourth-order valence-corrected chi connectivity index (χ4v) is 2.95. The van der Waals surface area contributed by atoms with Gasteiger partial charge in [0.1, 0.15) is 0 Å². The molecule has 1 aliphatic rings. The molecular weight excluding hydrogens is 268 g/mol. The first-order valence-corrected chi connectivity index (χ1v) is 8.06. The highest BCUT2D eigenvalue weighted by molar-refractivity contribution is 6.30. The van der Waals surface area contributed by atoms with E-state index in [-0.39, 0.29) is 0 Å². The lowest BCUT2D eigenvalue weighted by Gasteiger charge is -2.41. The fraction of sp³-hybridized carbons (Fsp3) is 0.647. The Morgan fingerprint density at radius 3 is 2.30 bits per heavy atom. The van der Waals surface area contributed by atoms with Crippen LogP contribution in [0.5, 0.6) is 0 Å². The third-order valence-electron chi connectivity index (χ3n) is 4.20. The van der Waals surface area contributed by atoms with Gasteiger partial charge in [-0.25, -0.2) is 0 Å². The largest absolute Gasteiger partial charge is 0.314 e. The molecule has 112 valence electrons. The smallest absolute Gasteiger partial charge is 0.0406 e. The van der Waals surface area contributed by atoms with Crippen LogP contribution in [-0.2, 0) is 6.42 Å². The molecule has 1 heterocycles. The van der Waals surface area contributed by atoms with Crippen LogP contribution in [0.25, 0.3) is 0 Å². The molecule has 1 aromatic rings. The number of nitrogens with one attached hydrogen (secondary N) is 1. The monoisotopic (exact) mass is 294 g/mol. The zero-order valence-corrected chi connectivity index (χ0v) is 13.7. The molecule has 3 heteroatoms. The number of hydrogen-bond acceptors (Lipinski definition) is 2. The fourth-order valence-electron chi connectivity index (χ4n) is 2.83. The number of rotatable bonds is 4. The number of piperidine rings is 1. The summed E-state index contributed by atoms with van der Waals surface area (Å²) in [4.78, 5) is 2.59. The third-order valence-corrected chi connectivity index (χ3v) is 4.46. The van der Waals surface area contributed by atoms with E-state index in [9.17, 15) is 0 Å². The van der Waals surface area contributed by atoms with E-state index in [0.29, 0.717) is 11.6 Å². The zero-order chi connectivity index (χ0) is 14.6. The predicted molar refractivity (Wildman–Crippen MR) is 87.5 cm³/mol. The molecule has 0 aromatic heterocycles. The Balaban J connectivity index is 1.67. The van der Waals surface area contributed by atoms with Crippen LogP contribution in [0.2, 0.25) is 5.02 Å². The van der Waals surface area contributed by atoms with Crippen molar-refractivity contribution in [2.45, 2.75) is 51.6 Å². The van der Waals surface area contributed by atoms with Gasteiger partial charge in [0.15, 0.2) is 0 Å². The van der Waals surface area contributed by atoms with Crippen LogP contribution in [0.1, 0.15) is 39.2 Å². The second-order valence-corrected chi connectivity index (χ2v) is 7.20. The van der Waals surface area contributed by atoms with Crippen molar-refractivity contribution in [2.75, 3.05) is 19.6 Å². The number of likely N-dealkylation sites (tertiary alicyclic amines) is 1. The first kappa shape index (κ1) is 15.8. The van der Waals surface area contributed by atoms with Crippen molar-refractivity contribution in [1.29, 1.82) is 0 Å². The van der Waals surface area contributed by atoms with Gasteiger partial charge in [0.2, 0.25) is 0 Å². The molecule has 0 spiro atoms. The van der Waals surface area contributed by atoms with E-state index >= 15 is 0 Å². The highest BCUT2D eigenvalue weighted by Gasteiger charge is 2.26. The molecular formula is C17H27ClN2. The summed E-state index contributed by atoms with van der Waals surface area (Å²) in [5.74, 6) is 0. The van der Waals surface area contributed by atoms with Gasteiger partial charge in [-0.15, -0.1) is 0 Å². The second kappa shape index (κ2) is 6.93. The quantitative estimate of drug-likeness (QED) is 0.910. The summed E-state index contributed by atoms with van der Waals surface area (Å²) in [6.07, 6.45) is 3.60. The highest BCUT2D eigenvalue weighted by atomic mass is 35.5. The minimum Gasteiger partial charge on any atom is -0.314 e. The molecule has 0 unspecified atom stereocenters. The lowest BCUT2D eigenvalue weighted by molar-refractivity contribution is 0.0965. The predicted octanol–water partition coefficient (Wildman–Crippen LogP) is 3.74. The molecule has 1 saturated heterocycles. The van der Waals surface area contributed by atoms with Gasteiger partial charge in [0, 0.05) is 29.7 Å². The Morgan fingerprint density at radius 2 is 1.75 bits per heavy atom. The molecule has 0 amide bonds. The minimum atomic E-state index is 0.314. The SMILES string of the molecule is CC(C)(C)N1CCC(NCCc2ccc(Cl)cc2)CC1. The molecule has 2 rings (SSSR count). The van der Waals surface area contributed by atoms with Crippen molar-refractivity contribution in [3.8, 4) is 0 Å². The van der Waals surface area contributed by atoms with E-state index in [2.05, 4.69) is 43.1 Å². The normalized spacial score (nSPS) is 18.4. The maximum atomic E-state index is 5.90. The molecule has 1 aromatic carbocycles. The van der Waals surface area contributed by atoms with Crippen molar-refractivity contribution >= 4 is 11.6 Å². The van der Waals surface area contributed by atoms with Crippen LogP contribution in [0.4, 0.5) is 0 Å². The molecule has 0 atom stereocenters. The Morgan fingerprint density at radius 1 is 1.15 bits per heavy atom. The number of halogens is 1. The number of nitrogens with zero attached hydrogens (tertiary/aromatic N) is 1. The van der Waals surface area contributed by atoms with E-state index in [4.69, 9.17) is 11.6 Å². The lowest BCUT2D eigenvalue weighted by atomic mass is 9.98. The Labute approximate surface area is 128 Å². The van der Waals surface area contributed by atoms with Crippen molar-refractivity contribution < 1.29 is 0 Å². The van der Waals surface area contributed by atoms with Crippen molar-refractivity contribution in [2.24, 2.45) is 0 Å². The first-order chi connectivity index (χ1) is 9.45. The molecule has 1 N–H and O–H groups in total. The van der Waals surface area contributed by atoms with Crippen molar-refractivity contribution in [3.63, 3.8) is 0 Å². The van der Waals surface area contributed by atoms with Crippen LogP contribution < -0.4 is 5.32 Å². The Bertz CT molecular complexity index is 400. The average molecular weight is 295 g/mol. The number of hydrogen-bond donors (Lipinski definition) is 1. The molecule has 0 aliphatic carbocycles. The number of benzene rings is 1. The van der Waals surface area contributed by atoms with Crippen LogP contribution in [-0.4, -0.2) is 36.1 Å².